The highest BCUT2D eigenvalue weighted by Crippen LogP contribution is 2.11. The van der Waals surface area contributed by atoms with Gasteiger partial charge >= 0.3 is 0 Å². The molecule has 0 amide bonds. The molecule has 0 aliphatic rings. The lowest BCUT2D eigenvalue weighted by Gasteiger charge is -2.03. The zero-order valence-electron chi connectivity index (χ0n) is 8.76. The highest BCUT2D eigenvalue weighted by Gasteiger charge is 2.00. The van der Waals surface area contributed by atoms with Crippen LogP contribution in [0.2, 0.25) is 0 Å². The monoisotopic (exact) mass is 193 g/mol. The molecule has 0 atom stereocenters. The van der Waals surface area contributed by atoms with Crippen molar-refractivity contribution in [1.82, 2.24) is 0 Å². The molecule has 0 saturated heterocycles. The molecule has 0 saturated carbocycles. The summed E-state index contributed by atoms with van der Waals surface area (Å²) < 4.78 is 12.9. The summed E-state index contributed by atoms with van der Waals surface area (Å²) >= 11 is 0. The van der Waals surface area contributed by atoms with Crippen LogP contribution < -0.4 is 0 Å². The molecule has 14 heavy (non-hydrogen) atoms. The SMILES string of the molecule is CCCc1cc(F)ccc1C=NCC. The molecule has 1 nitrogen and oxygen atoms in total. The van der Waals surface area contributed by atoms with Gasteiger partial charge in [-0.1, -0.05) is 19.4 Å². The third kappa shape index (κ3) is 2.95. The van der Waals surface area contributed by atoms with Crippen molar-refractivity contribution in [2.24, 2.45) is 4.99 Å². The van der Waals surface area contributed by atoms with Crippen LogP contribution in [0.15, 0.2) is 23.2 Å². The van der Waals surface area contributed by atoms with Gasteiger partial charge in [-0.3, -0.25) is 4.99 Å². The molecule has 76 valence electrons. The lowest BCUT2D eigenvalue weighted by Crippen LogP contribution is -1.94. The Morgan fingerprint density at radius 2 is 2.14 bits per heavy atom. The number of hydrogen-bond acceptors (Lipinski definition) is 1. The van der Waals surface area contributed by atoms with E-state index in [1.54, 1.807) is 12.1 Å². The number of benzene rings is 1. The fraction of sp³-hybridized carbons (Fsp3) is 0.417. The zero-order chi connectivity index (χ0) is 10.4. The van der Waals surface area contributed by atoms with E-state index < -0.39 is 0 Å². The van der Waals surface area contributed by atoms with E-state index in [9.17, 15) is 4.39 Å². The first-order valence-corrected chi connectivity index (χ1v) is 5.06. The average Bonchev–Trinajstić information content (AvgIpc) is 2.17. The van der Waals surface area contributed by atoms with Crippen LogP contribution >= 0.6 is 0 Å². The van der Waals surface area contributed by atoms with E-state index in [1.807, 2.05) is 13.1 Å². The topological polar surface area (TPSA) is 12.4 Å². The van der Waals surface area contributed by atoms with Crippen molar-refractivity contribution in [2.75, 3.05) is 6.54 Å². The molecule has 0 heterocycles. The Bertz CT molecular complexity index is 318. The Hall–Kier alpha value is -1.18. The van der Waals surface area contributed by atoms with Crippen LogP contribution in [0.5, 0.6) is 0 Å². The van der Waals surface area contributed by atoms with Crippen molar-refractivity contribution in [3.8, 4) is 0 Å². The van der Waals surface area contributed by atoms with Gasteiger partial charge in [0, 0.05) is 12.8 Å². The first-order valence-electron chi connectivity index (χ1n) is 5.06. The van der Waals surface area contributed by atoms with Crippen molar-refractivity contribution < 1.29 is 4.39 Å². The summed E-state index contributed by atoms with van der Waals surface area (Å²) in [6.07, 6.45) is 3.75. The van der Waals surface area contributed by atoms with Gasteiger partial charge < -0.3 is 0 Å². The summed E-state index contributed by atoms with van der Waals surface area (Å²) in [5, 5.41) is 0. The van der Waals surface area contributed by atoms with E-state index >= 15 is 0 Å². The molecule has 1 aromatic carbocycles. The Balaban J connectivity index is 2.95. The van der Waals surface area contributed by atoms with Crippen LogP contribution in [0, 0.1) is 5.82 Å². The summed E-state index contributed by atoms with van der Waals surface area (Å²) in [6, 6.07) is 4.87. The second-order valence-corrected chi connectivity index (χ2v) is 3.22. The minimum Gasteiger partial charge on any atom is -0.293 e. The third-order valence-corrected chi connectivity index (χ3v) is 2.04. The number of hydrogen-bond donors (Lipinski definition) is 0. The quantitative estimate of drug-likeness (QED) is 0.651. The van der Waals surface area contributed by atoms with Crippen LogP contribution in [0.4, 0.5) is 4.39 Å². The summed E-state index contributed by atoms with van der Waals surface area (Å²) in [6.45, 7) is 4.84. The minimum atomic E-state index is -0.165. The summed E-state index contributed by atoms with van der Waals surface area (Å²) in [5.41, 5.74) is 2.08. The molecule has 0 aliphatic heterocycles. The van der Waals surface area contributed by atoms with Crippen molar-refractivity contribution in [1.29, 1.82) is 0 Å². The van der Waals surface area contributed by atoms with Gasteiger partial charge in [0.1, 0.15) is 5.82 Å². The highest BCUT2D eigenvalue weighted by molar-refractivity contribution is 5.81. The van der Waals surface area contributed by atoms with Gasteiger partial charge in [-0.25, -0.2) is 4.39 Å². The standard InChI is InChI=1S/C12H16FN/c1-3-5-10-8-12(13)7-6-11(10)9-14-4-2/h6-9H,3-5H2,1-2H3. The smallest absolute Gasteiger partial charge is 0.123 e. The Labute approximate surface area is 84.7 Å². The number of aryl methyl sites for hydroxylation is 1. The average molecular weight is 193 g/mol. The van der Waals surface area contributed by atoms with E-state index in [0.717, 1.165) is 30.5 Å². The first-order chi connectivity index (χ1) is 6.77. The molecule has 1 rings (SSSR count). The van der Waals surface area contributed by atoms with Gasteiger partial charge in [-0.05, 0) is 36.6 Å². The fourth-order valence-corrected chi connectivity index (χ4v) is 1.38. The molecule has 0 N–H and O–H groups in total. The maximum atomic E-state index is 12.9. The summed E-state index contributed by atoms with van der Waals surface area (Å²) in [5.74, 6) is -0.165. The fourth-order valence-electron chi connectivity index (χ4n) is 1.38. The zero-order valence-corrected chi connectivity index (χ0v) is 8.76. The lowest BCUT2D eigenvalue weighted by atomic mass is 10.0. The number of halogens is 1. The van der Waals surface area contributed by atoms with Gasteiger partial charge in [0.25, 0.3) is 0 Å². The predicted molar refractivity (Wildman–Crippen MR) is 58.5 cm³/mol. The van der Waals surface area contributed by atoms with Gasteiger partial charge in [-0.15, -0.1) is 0 Å². The van der Waals surface area contributed by atoms with Crippen molar-refractivity contribution >= 4 is 6.21 Å². The molecule has 1 aromatic rings. The summed E-state index contributed by atoms with van der Waals surface area (Å²) in [4.78, 5) is 4.17. The molecular formula is C12H16FN. The minimum absolute atomic E-state index is 0.165. The van der Waals surface area contributed by atoms with Crippen molar-refractivity contribution in [2.45, 2.75) is 26.7 Å². The van der Waals surface area contributed by atoms with E-state index in [0.29, 0.717) is 0 Å². The van der Waals surface area contributed by atoms with Crippen LogP contribution in [-0.2, 0) is 6.42 Å². The van der Waals surface area contributed by atoms with Crippen LogP contribution in [0.1, 0.15) is 31.4 Å². The Morgan fingerprint density at radius 1 is 1.36 bits per heavy atom. The van der Waals surface area contributed by atoms with E-state index in [1.165, 1.54) is 6.07 Å². The van der Waals surface area contributed by atoms with Gasteiger partial charge in [0.15, 0.2) is 0 Å². The van der Waals surface area contributed by atoms with Gasteiger partial charge in [0.05, 0.1) is 0 Å². The molecule has 0 radical (unpaired) electrons. The molecule has 0 aromatic heterocycles. The third-order valence-electron chi connectivity index (χ3n) is 2.04. The molecule has 0 fully saturated rings. The van der Waals surface area contributed by atoms with E-state index in [2.05, 4.69) is 11.9 Å². The molecule has 0 spiro atoms. The van der Waals surface area contributed by atoms with Crippen molar-refractivity contribution in [3.05, 3.63) is 35.1 Å². The molecule has 2 heteroatoms. The predicted octanol–water partition coefficient (Wildman–Crippen LogP) is 3.22. The lowest BCUT2D eigenvalue weighted by molar-refractivity contribution is 0.625. The van der Waals surface area contributed by atoms with Crippen LogP contribution in [-0.4, -0.2) is 12.8 Å². The second kappa shape index (κ2) is 5.53. The van der Waals surface area contributed by atoms with E-state index in [4.69, 9.17) is 0 Å². The largest absolute Gasteiger partial charge is 0.293 e. The Morgan fingerprint density at radius 3 is 2.79 bits per heavy atom. The molecular weight excluding hydrogens is 177 g/mol. The molecule has 0 bridgehead atoms. The maximum Gasteiger partial charge on any atom is 0.123 e. The molecule has 0 unspecified atom stereocenters. The highest BCUT2D eigenvalue weighted by atomic mass is 19.1. The number of nitrogens with zero attached hydrogens (tertiary/aromatic N) is 1. The second-order valence-electron chi connectivity index (χ2n) is 3.22. The number of rotatable bonds is 4. The number of aliphatic imine (C=N–C) groups is 1. The normalized spacial score (nSPS) is 11.1. The van der Waals surface area contributed by atoms with E-state index in [-0.39, 0.29) is 5.82 Å². The van der Waals surface area contributed by atoms with Crippen LogP contribution in [0.3, 0.4) is 0 Å². The van der Waals surface area contributed by atoms with Gasteiger partial charge in [-0.2, -0.15) is 0 Å². The van der Waals surface area contributed by atoms with Crippen molar-refractivity contribution in [3.63, 3.8) is 0 Å². The van der Waals surface area contributed by atoms with Crippen LogP contribution in [0.25, 0.3) is 0 Å². The first kappa shape index (κ1) is 10.9. The maximum absolute atomic E-state index is 12.9. The van der Waals surface area contributed by atoms with Gasteiger partial charge in [0.2, 0.25) is 0 Å². The molecule has 0 aliphatic carbocycles. The Kier molecular flexibility index (Phi) is 4.30. The summed E-state index contributed by atoms with van der Waals surface area (Å²) in [7, 11) is 0.